The van der Waals surface area contributed by atoms with E-state index in [9.17, 15) is 9.59 Å². The second-order valence-electron chi connectivity index (χ2n) is 9.50. The largest absolute Gasteiger partial charge is 0.497 e. The van der Waals surface area contributed by atoms with Crippen molar-refractivity contribution in [1.82, 2.24) is 10.2 Å². The van der Waals surface area contributed by atoms with Crippen LogP contribution in [0.25, 0.3) is 0 Å². The molecule has 0 aliphatic rings. The summed E-state index contributed by atoms with van der Waals surface area (Å²) >= 11 is 0. The van der Waals surface area contributed by atoms with Gasteiger partial charge in [-0.3, -0.25) is 9.59 Å². The molecule has 6 heteroatoms. The molecule has 1 N–H and O–H groups in total. The maximum atomic E-state index is 13.3. The zero-order valence-electron chi connectivity index (χ0n) is 21.5. The lowest BCUT2D eigenvalue weighted by atomic mass is 9.87. The highest BCUT2D eigenvalue weighted by Crippen LogP contribution is 2.24. The third kappa shape index (κ3) is 8.08. The summed E-state index contributed by atoms with van der Waals surface area (Å²) < 4.78 is 11.1. The van der Waals surface area contributed by atoms with Crippen molar-refractivity contribution in [1.29, 1.82) is 0 Å². The van der Waals surface area contributed by atoms with Gasteiger partial charge in [-0.1, -0.05) is 65.3 Å². The molecule has 0 aliphatic heterocycles. The normalized spacial score (nSPS) is 12.1. The van der Waals surface area contributed by atoms with Crippen molar-refractivity contribution >= 4 is 11.8 Å². The smallest absolute Gasteiger partial charge is 0.261 e. The molecule has 2 amide bonds. The van der Waals surface area contributed by atoms with E-state index in [4.69, 9.17) is 9.47 Å². The van der Waals surface area contributed by atoms with E-state index < -0.39 is 6.04 Å². The Bertz CT molecular complexity index is 901. The lowest BCUT2D eigenvalue weighted by molar-refractivity contribution is -0.143. The van der Waals surface area contributed by atoms with Crippen LogP contribution in [0.3, 0.4) is 0 Å². The summed E-state index contributed by atoms with van der Waals surface area (Å²) in [6.45, 7) is 11.2. The topological polar surface area (TPSA) is 67.9 Å². The van der Waals surface area contributed by atoms with Crippen LogP contribution in [0.5, 0.6) is 11.5 Å². The van der Waals surface area contributed by atoms with Gasteiger partial charge in [-0.05, 0) is 53.6 Å². The van der Waals surface area contributed by atoms with Crippen LogP contribution in [0.15, 0.2) is 48.5 Å². The van der Waals surface area contributed by atoms with E-state index >= 15 is 0 Å². The first-order chi connectivity index (χ1) is 16.2. The van der Waals surface area contributed by atoms with E-state index in [2.05, 4.69) is 33.0 Å². The van der Waals surface area contributed by atoms with Gasteiger partial charge in [0.1, 0.15) is 17.5 Å². The molecule has 0 radical (unpaired) electrons. The van der Waals surface area contributed by atoms with Crippen molar-refractivity contribution in [3.63, 3.8) is 0 Å². The molecule has 0 saturated heterocycles. The lowest BCUT2D eigenvalue weighted by Crippen LogP contribution is -2.50. The molecule has 0 heterocycles. The summed E-state index contributed by atoms with van der Waals surface area (Å²) in [6, 6.07) is 14.8. The Morgan fingerprint density at radius 2 is 1.59 bits per heavy atom. The van der Waals surface area contributed by atoms with Crippen LogP contribution in [0.1, 0.15) is 65.0 Å². The SMILES string of the molecule is CCCCNC(=O)[C@H](CC)N(Cc1ccc(OC)cc1)C(=O)COc1ccc(C(C)(C)C)cc1. The fourth-order valence-corrected chi connectivity index (χ4v) is 3.63. The van der Waals surface area contributed by atoms with E-state index in [1.165, 1.54) is 5.56 Å². The Kier molecular flexibility index (Phi) is 10.4. The van der Waals surface area contributed by atoms with Crippen LogP contribution >= 0.6 is 0 Å². The number of rotatable bonds is 12. The Labute approximate surface area is 204 Å². The maximum Gasteiger partial charge on any atom is 0.261 e. The highest BCUT2D eigenvalue weighted by Gasteiger charge is 2.29. The molecule has 2 aromatic carbocycles. The summed E-state index contributed by atoms with van der Waals surface area (Å²) in [6.07, 6.45) is 2.41. The van der Waals surface area contributed by atoms with Gasteiger partial charge >= 0.3 is 0 Å². The van der Waals surface area contributed by atoms with Crippen molar-refractivity contribution in [3.05, 3.63) is 59.7 Å². The first-order valence-corrected chi connectivity index (χ1v) is 12.1. The van der Waals surface area contributed by atoms with Gasteiger partial charge in [-0.15, -0.1) is 0 Å². The minimum atomic E-state index is -0.571. The van der Waals surface area contributed by atoms with Crippen molar-refractivity contribution in [2.75, 3.05) is 20.3 Å². The fourth-order valence-electron chi connectivity index (χ4n) is 3.63. The van der Waals surface area contributed by atoms with E-state index in [0.29, 0.717) is 25.3 Å². The van der Waals surface area contributed by atoms with Crippen LogP contribution in [0.2, 0.25) is 0 Å². The van der Waals surface area contributed by atoms with Crippen LogP contribution < -0.4 is 14.8 Å². The van der Waals surface area contributed by atoms with Crippen molar-refractivity contribution in [3.8, 4) is 11.5 Å². The second kappa shape index (κ2) is 13.0. The molecule has 1 atom stereocenters. The van der Waals surface area contributed by atoms with Gasteiger partial charge in [-0.25, -0.2) is 0 Å². The van der Waals surface area contributed by atoms with Crippen molar-refractivity contribution in [2.45, 2.75) is 71.9 Å². The zero-order valence-corrected chi connectivity index (χ0v) is 21.5. The number of nitrogens with zero attached hydrogens (tertiary/aromatic N) is 1. The lowest BCUT2D eigenvalue weighted by Gasteiger charge is -2.30. The number of unbranched alkanes of at least 4 members (excludes halogenated alkanes) is 1. The van der Waals surface area contributed by atoms with Gasteiger partial charge < -0.3 is 19.7 Å². The number of carbonyl (C=O) groups excluding carboxylic acids is 2. The molecule has 6 nitrogen and oxygen atoms in total. The molecule has 0 aliphatic carbocycles. The van der Waals surface area contributed by atoms with Crippen molar-refractivity contribution in [2.24, 2.45) is 0 Å². The number of ether oxygens (including phenoxy) is 2. The van der Waals surface area contributed by atoms with Crippen molar-refractivity contribution < 1.29 is 19.1 Å². The average Bonchev–Trinajstić information content (AvgIpc) is 2.82. The van der Waals surface area contributed by atoms with Crippen LogP contribution in [0.4, 0.5) is 0 Å². The fraction of sp³-hybridized carbons (Fsp3) is 0.500. The molecule has 0 saturated carbocycles. The average molecular weight is 469 g/mol. The molecule has 2 rings (SSSR count). The highest BCUT2D eigenvalue weighted by atomic mass is 16.5. The van der Waals surface area contributed by atoms with Gasteiger partial charge in [-0.2, -0.15) is 0 Å². The number of amides is 2. The third-order valence-electron chi connectivity index (χ3n) is 5.81. The number of methoxy groups -OCH3 is 1. The molecular formula is C28H40N2O4. The Morgan fingerprint density at radius 3 is 2.12 bits per heavy atom. The minimum Gasteiger partial charge on any atom is -0.497 e. The first-order valence-electron chi connectivity index (χ1n) is 12.1. The van der Waals surface area contributed by atoms with Gasteiger partial charge in [0.05, 0.1) is 7.11 Å². The molecule has 0 aromatic heterocycles. The van der Waals surface area contributed by atoms with E-state index in [1.807, 2.05) is 55.5 Å². The number of hydrogen-bond acceptors (Lipinski definition) is 4. The molecule has 34 heavy (non-hydrogen) atoms. The first kappa shape index (κ1) is 27.2. The van der Waals surface area contributed by atoms with E-state index in [1.54, 1.807) is 12.0 Å². The van der Waals surface area contributed by atoms with Gasteiger partial charge in [0.15, 0.2) is 6.61 Å². The van der Waals surface area contributed by atoms with Crippen LogP contribution in [-0.4, -0.2) is 43.0 Å². The van der Waals surface area contributed by atoms with E-state index in [-0.39, 0.29) is 23.8 Å². The quantitative estimate of drug-likeness (QED) is 0.440. The number of benzene rings is 2. The highest BCUT2D eigenvalue weighted by molar-refractivity contribution is 5.88. The second-order valence-corrected chi connectivity index (χ2v) is 9.50. The Hall–Kier alpha value is -3.02. The molecule has 0 unspecified atom stereocenters. The predicted molar refractivity (Wildman–Crippen MR) is 136 cm³/mol. The summed E-state index contributed by atoms with van der Waals surface area (Å²) in [5.41, 5.74) is 2.16. The number of carbonyl (C=O) groups is 2. The van der Waals surface area contributed by atoms with Crippen LogP contribution in [-0.2, 0) is 21.5 Å². The predicted octanol–water partition coefficient (Wildman–Crippen LogP) is 5.10. The molecule has 0 bridgehead atoms. The zero-order chi connectivity index (χ0) is 25.1. The van der Waals surface area contributed by atoms with Gasteiger partial charge in [0.2, 0.25) is 5.91 Å². The number of nitrogens with one attached hydrogen (secondary N) is 1. The molecule has 0 spiro atoms. The van der Waals surface area contributed by atoms with Gasteiger partial charge in [0, 0.05) is 13.1 Å². The molecule has 186 valence electrons. The monoisotopic (exact) mass is 468 g/mol. The van der Waals surface area contributed by atoms with E-state index in [0.717, 1.165) is 24.2 Å². The molecular weight excluding hydrogens is 428 g/mol. The summed E-state index contributed by atoms with van der Waals surface area (Å²) in [5.74, 6) is 1.01. The van der Waals surface area contributed by atoms with Crippen LogP contribution in [0, 0.1) is 0 Å². The Balaban J connectivity index is 2.16. The summed E-state index contributed by atoms with van der Waals surface area (Å²) in [7, 11) is 1.62. The minimum absolute atomic E-state index is 0.0446. The standard InChI is InChI=1S/C28H40N2O4/c1-7-9-18-29-27(32)25(8-2)30(19-21-10-14-23(33-6)15-11-21)26(31)20-34-24-16-12-22(13-17-24)28(3,4)5/h10-17,25H,7-9,18-20H2,1-6H3,(H,29,32)/t25-/m0/s1. The Morgan fingerprint density at radius 1 is 0.971 bits per heavy atom. The number of hydrogen-bond donors (Lipinski definition) is 1. The molecule has 0 fully saturated rings. The molecule has 2 aromatic rings. The van der Waals surface area contributed by atoms with Gasteiger partial charge in [0.25, 0.3) is 5.91 Å². The maximum absolute atomic E-state index is 13.3. The third-order valence-corrected chi connectivity index (χ3v) is 5.81. The summed E-state index contributed by atoms with van der Waals surface area (Å²) in [5, 5.41) is 2.97. The summed E-state index contributed by atoms with van der Waals surface area (Å²) in [4.78, 5) is 27.8.